The Hall–Kier alpha value is -2.85. The van der Waals surface area contributed by atoms with Crippen molar-refractivity contribution in [3.63, 3.8) is 0 Å². The molecule has 2 aromatic heterocycles. The van der Waals surface area contributed by atoms with Crippen molar-refractivity contribution < 1.29 is 12.9 Å². The van der Waals surface area contributed by atoms with Crippen LogP contribution in [0.25, 0.3) is 11.3 Å². The fourth-order valence-corrected chi connectivity index (χ4v) is 2.97. The number of aromatic nitrogens is 3. The van der Waals surface area contributed by atoms with Gasteiger partial charge in [0, 0.05) is 22.8 Å². The number of aromatic amines is 2. The highest BCUT2D eigenvalue weighted by atomic mass is 35.5. The van der Waals surface area contributed by atoms with Gasteiger partial charge in [0.2, 0.25) is 5.88 Å². The van der Waals surface area contributed by atoms with Crippen molar-refractivity contribution in [3.8, 4) is 11.3 Å². The minimum atomic E-state index is -4.26. The molecular formula is C13H9ClN4O5S. The van der Waals surface area contributed by atoms with E-state index in [-0.39, 0.29) is 5.88 Å². The Morgan fingerprint density at radius 1 is 1.17 bits per heavy atom. The highest BCUT2D eigenvalue weighted by molar-refractivity contribution is 7.92. The molecule has 0 atom stereocenters. The molecule has 9 nitrogen and oxygen atoms in total. The van der Waals surface area contributed by atoms with Crippen molar-refractivity contribution in [1.29, 1.82) is 0 Å². The predicted molar refractivity (Wildman–Crippen MR) is 85.4 cm³/mol. The number of sulfonamides is 1. The standard InChI is InChI=1S/C13H9ClN4O5S/c14-8-3-1-7(2-4-8)9-5-11(23-17-9)18-24(21,22)10-6-15-13(20)16-12(10)19/h1-6,18H,(H2,15,16,19,20). The number of hydrogen-bond donors (Lipinski definition) is 3. The van der Waals surface area contributed by atoms with Gasteiger partial charge in [0.1, 0.15) is 5.69 Å². The van der Waals surface area contributed by atoms with Gasteiger partial charge >= 0.3 is 5.69 Å². The Kier molecular flexibility index (Phi) is 3.99. The zero-order chi connectivity index (χ0) is 17.3. The summed E-state index contributed by atoms with van der Waals surface area (Å²) in [7, 11) is -4.26. The van der Waals surface area contributed by atoms with Gasteiger partial charge in [0.05, 0.1) is 0 Å². The molecule has 0 saturated carbocycles. The predicted octanol–water partition coefficient (Wildman–Crippen LogP) is 1.17. The summed E-state index contributed by atoms with van der Waals surface area (Å²) in [5, 5.41) is 4.28. The zero-order valence-corrected chi connectivity index (χ0v) is 13.3. The summed E-state index contributed by atoms with van der Waals surface area (Å²) in [6.45, 7) is 0. The van der Waals surface area contributed by atoms with Gasteiger partial charge in [-0.15, -0.1) is 0 Å². The lowest BCUT2D eigenvalue weighted by Crippen LogP contribution is -2.29. The summed E-state index contributed by atoms with van der Waals surface area (Å²) >= 11 is 5.79. The maximum Gasteiger partial charge on any atom is 0.325 e. The molecule has 0 bridgehead atoms. The van der Waals surface area contributed by atoms with Crippen LogP contribution < -0.4 is 16.0 Å². The number of rotatable bonds is 4. The van der Waals surface area contributed by atoms with Crippen LogP contribution in [0.3, 0.4) is 0 Å². The van der Waals surface area contributed by atoms with E-state index in [9.17, 15) is 18.0 Å². The van der Waals surface area contributed by atoms with Gasteiger partial charge in [-0.2, -0.15) is 0 Å². The second-order valence-corrected chi connectivity index (χ2v) is 6.71. The average Bonchev–Trinajstić information content (AvgIpc) is 2.95. The first-order chi connectivity index (χ1) is 11.3. The van der Waals surface area contributed by atoms with E-state index in [1.807, 2.05) is 4.98 Å². The second-order valence-electron chi connectivity index (χ2n) is 4.62. The van der Waals surface area contributed by atoms with Gasteiger partial charge in [-0.3, -0.25) is 9.78 Å². The SMILES string of the molecule is O=c1[nH]cc(S(=O)(=O)Nc2cc(-c3ccc(Cl)cc3)no2)c(=O)[nH]1. The molecule has 11 heteroatoms. The minimum absolute atomic E-state index is 0.189. The van der Waals surface area contributed by atoms with E-state index in [2.05, 4.69) is 14.9 Å². The highest BCUT2D eigenvalue weighted by Gasteiger charge is 2.21. The molecule has 0 radical (unpaired) electrons. The molecule has 0 spiro atoms. The normalized spacial score (nSPS) is 11.4. The van der Waals surface area contributed by atoms with Crippen LogP contribution in [0.4, 0.5) is 5.88 Å². The van der Waals surface area contributed by atoms with Crippen molar-refractivity contribution in [2.45, 2.75) is 4.90 Å². The van der Waals surface area contributed by atoms with Crippen molar-refractivity contribution in [2.24, 2.45) is 0 Å². The van der Waals surface area contributed by atoms with E-state index >= 15 is 0 Å². The lowest BCUT2D eigenvalue weighted by atomic mass is 10.1. The lowest BCUT2D eigenvalue weighted by molar-refractivity contribution is 0.438. The maximum atomic E-state index is 12.2. The van der Waals surface area contributed by atoms with Gasteiger partial charge in [-0.05, 0) is 12.1 Å². The van der Waals surface area contributed by atoms with Gasteiger partial charge in [-0.1, -0.05) is 28.9 Å². The quantitative estimate of drug-likeness (QED) is 0.632. The van der Waals surface area contributed by atoms with Gasteiger partial charge in [0.15, 0.2) is 4.90 Å². The van der Waals surface area contributed by atoms with E-state index in [0.717, 1.165) is 6.20 Å². The number of nitrogens with zero attached hydrogens (tertiary/aromatic N) is 1. The van der Waals surface area contributed by atoms with Crippen molar-refractivity contribution >= 4 is 27.5 Å². The zero-order valence-electron chi connectivity index (χ0n) is 11.7. The summed E-state index contributed by atoms with van der Waals surface area (Å²) in [6.07, 6.45) is 0.792. The Morgan fingerprint density at radius 3 is 2.54 bits per heavy atom. The number of hydrogen-bond acceptors (Lipinski definition) is 6. The third-order valence-electron chi connectivity index (χ3n) is 2.96. The first-order valence-electron chi connectivity index (χ1n) is 6.43. The number of halogens is 1. The molecule has 3 N–H and O–H groups in total. The molecule has 0 aliphatic rings. The van der Waals surface area contributed by atoms with Crippen LogP contribution in [0.2, 0.25) is 5.02 Å². The fraction of sp³-hybridized carbons (Fsp3) is 0. The van der Waals surface area contributed by atoms with Crippen LogP contribution in [0, 0.1) is 0 Å². The fourth-order valence-electron chi connectivity index (χ4n) is 1.86. The average molecular weight is 369 g/mol. The van der Waals surface area contributed by atoms with Gasteiger partial charge in [0.25, 0.3) is 15.6 Å². The van der Waals surface area contributed by atoms with Crippen LogP contribution in [-0.2, 0) is 10.0 Å². The first-order valence-corrected chi connectivity index (χ1v) is 8.29. The molecule has 1 aromatic carbocycles. The van der Waals surface area contributed by atoms with E-state index < -0.39 is 26.2 Å². The molecule has 124 valence electrons. The number of nitrogens with one attached hydrogen (secondary N) is 3. The molecule has 3 aromatic rings. The molecule has 0 aliphatic heterocycles. The monoisotopic (exact) mass is 368 g/mol. The van der Waals surface area contributed by atoms with Crippen LogP contribution in [0.5, 0.6) is 0 Å². The minimum Gasteiger partial charge on any atom is -0.337 e. The maximum absolute atomic E-state index is 12.2. The molecule has 3 rings (SSSR count). The van der Waals surface area contributed by atoms with Crippen LogP contribution in [0.1, 0.15) is 0 Å². The molecule has 24 heavy (non-hydrogen) atoms. The topological polar surface area (TPSA) is 138 Å². The lowest BCUT2D eigenvalue weighted by Gasteiger charge is -2.02. The van der Waals surface area contributed by atoms with Crippen LogP contribution in [-0.4, -0.2) is 23.5 Å². The Morgan fingerprint density at radius 2 is 1.88 bits per heavy atom. The van der Waals surface area contributed by atoms with Gasteiger partial charge in [-0.25, -0.2) is 17.9 Å². The van der Waals surface area contributed by atoms with E-state index in [0.29, 0.717) is 16.3 Å². The smallest absolute Gasteiger partial charge is 0.325 e. The third kappa shape index (κ3) is 3.24. The third-order valence-corrected chi connectivity index (χ3v) is 4.56. The highest BCUT2D eigenvalue weighted by Crippen LogP contribution is 2.24. The molecule has 0 saturated heterocycles. The molecular weight excluding hydrogens is 360 g/mol. The van der Waals surface area contributed by atoms with Crippen molar-refractivity contribution in [2.75, 3.05) is 4.72 Å². The van der Waals surface area contributed by atoms with Crippen molar-refractivity contribution in [1.82, 2.24) is 15.1 Å². The number of H-pyrrole nitrogens is 2. The Bertz CT molecular complexity index is 1100. The summed E-state index contributed by atoms with van der Waals surface area (Å²) in [4.78, 5) is 25.8. The van der Waals surface area contributed by atoms with E-state index in [1.54, 1.807) is 24.3 Å². The van der Waals surface area contributed by atoms with Gasteiger partial charge < -0.3 is 9.51 Å². The van der Waals surface area contributed by atoms with E-state index in [1.165, 1.54) is 6.07 Å². The number of benzene rings is 1. The summed E-state index contributed by atoms with van der Waals surface area (Å²) in [5.41, 5.74) is -0.831. The van der Waals surface area contributed by atoms with Crippen LogP contribution in [0.15, 0.2) is 55.5 Å². The van der Waals surface area contributed by atoms with E-state index in [4.69, 9.17) is 16.1 Å². The second kappa shape index (κ2) is 5.98. The molecule has 0 unspecified atom stereocenters. The largest absolute Gasteiger partial charge is 0.337 e. The first kappa shape index (κ1) is 16.0. The summed E-state index contributed by atoms with van der Waals surface area (Å²) < 4.78 is 31.3. The Balaban J connectivity index is 1.90. The van der Waals surface area contributed by atoms with Crippen LogP contribution >= 0.6 is 11.6 Å². The molecule has 0 amide bonds. The summed E-state index contributed by atoms with van der Waals surface area (Å²) in [5.74, 6) is -0.189. The molecule has 2 heterocycles. The summed E-state index contributed by atoms with van der Waals surface area (Å²) in [6, 6.07) is 8.02. The number of anilines is 1. The van der Waals surface area contributed by atoms with Crippen molar-refractivity contribution in [3.05, 3.63) is 62.4 Å². The molecule has 0 aliphatic carbocycles. The Labute approximate surface area is 139 Å². The molecule has 0 fully saturated rings.